The third kappa shape index (κ3) is 3.82. The van der Waals surface area contributed by atoms with E-state index in [1.807, 2.05) is 0 Å². The van der Waals surface area contributed by atoms with E-state index in [0.717, 1.165) is 12.8 Å². The lowest BCUT2D eigenvalue weighted by Gasteiger charge is -2.38. The van der Waals surface area contributed by atoms with Crippen LogP contribution in [0.3, 0.4) is 0 Å². The molecule has 0 spiro atoms. The third-order valence-electron chi connectivity index (χ3n) is 3.29. The van der Waals surface area contributed by atoms with Crippen LogP contribution in [0.25, 0.3) is 0 Å². The number of hydrogen-bond donors (Lipinski definition) is 1. The molecule has 1 aliphatic heterocycles. The maximum Gasteiger partial charge on any atom is 0.0340 e. The molecule has 0 bridgehead atoms. The van der Waals surface area contributed by atoms with Gasteiger partial charge in [0.05, 0.1) is 0 Å². The van der Waals surface area contributed by atoms with Gasteiger partial charge in [-0.25, -0.2) is 0 Å². The summed E-state index contributed by atoms with van der Waals surface area (Å²) in [5.41, 5.74) is 1.36. The molecule has 0 radical (unpaired) electrons. The molecule has 3 heteroatoms. The minimum absolute atomic E-state index is 0.565. The summed E-state index contributed by atoms with van der Waals surface area (Å²) in [4.78, 5) is 2.49. The molecule has 2 nitrogen and oxygen atoms in total. The Balaban J connectivity index is 2.51. The first kappa shape index (κ1) is 13.1. The summed E-state index contributed by atoms with van der Waals surface area (Å²) < 4.78 is 0. The SMILES string of the molecule is C=C(CC)CC(NC)C1CSCCN1C. The number of nitrogens with one attached hydrogen (secondary N) is 1. The largest absolute Gasteiger partial charge is 0.315 e. The average Bonchev–Trinajstić information content (AvgIpc) is 2.26. The number of thioether (sulfide) groups is 1. The van der Waals surface area contributed by atoms with Crippen LogP contribution in [-0.2, 0) is 0 Å². The molecular formula is C12H24N2S. The van der Waals surface area contributed by atoms with Gasteiger partial charge in [0.1, 0.15) is 0 Å². The summed E-state index contributed by atoms with van der Waals surface area (Å²) in [6.07, 6.45) is 2.21. The summed E-state index contributed by atoms with van der Waals surface area (Å²) in [5.74, 6) is 2.52. The Labute approximate surface area is 98.5 Å². The lowest BCUT2D eigenvalue weighted by atomic mass is 9.99. The standard InChI is InChI=1S/C12H24N2S/c1-5-10(2)8-11(13-3)12-9-15-7-6-14(12)4/h11-13H,2,5-9H2,1,3-4H3. The van der Waals surface area contributed by atoms with Crippen LogP contribution >= 0.6 is 11.8 Å². The quantitative estimate of drug-likeness (QED) is 0.724. The Bertz CT molecular complexity index is 206. The summed E-state index contributed by atoms with van der Waals surface area (Å²) in [7, 11) is 4.31. The van der Waals surface area contributed by atoms with Crippen molar-refractivity contribution in [1.29, 1.82) is 0 Å². The van der Waals surface area contributed by atoms with Crippen molar-refractivity contribution < 1.29 is 0 Å². The molecule has 1 rings (SSSR count). The number of hydrogen-bond acceptors (Lipinski definition) is 3. The summed E-state index contributed by atoms with van der Waals surface area (Å²) in [6, 6.07) is 1.23. The van der Waals surface area contributed by atoms with Crippen molar-refractivity contribution in [3.05, 3.63) is 12.2 Å². The van der Waals surface area contributed by atoms with E-state index in [9.17, 15) is 0 Å². The molecule has 0 aromatic carbocycles. The van der Waals surface area contributed by atoms with Gasteiger partial charge in [0.25, 0.3) is 0 Å². The van der Waals surface area contributed by atoms with Crippen molar-refractivity contribution in [3.8, 4) is 0 Å². The van der Waals surface area contributed by atoms with Crippen LogP contribution in [0.4, 0.5) is 0 Å². The van der Waals surface area contributed by atoms with E-state index in [0.29, 0.717) is 12.1 Å². The van der Waals surface area contributed by atoms with Crippen LogP contribution in [0.5, 0.6) is 0 Å². The molecule has 0 aliphatic carbocycles. The molecule has 0 aromatic heterocycles. The second-order valence-electron chi connectivity index (χ2n) is 4.33. The van der Waals surface area contributed by atoms with Crippen LogP contribution in [0, 0.1) is 0 Å². The molecule has 1 fully saturated rings. The highest BCUT2D eigenvalue weighted by atomic mass is 32.2. The highest BCUT2D eigenvalue weighted by molar-refractivity contribution is 7.99. The van der Waals surface area contributed by atoms with Gasteiger partial charge in [-0.2, -0.15) is 11.8 Å². The molecule has 1 saturated heterocycles. The first-order valence-corrected chi connectivity index (χ1v) is 6.96. The molecule has 0 saturated carbocycles. The lowest BCUT2D eigenvalue weighted by molar-refractivity contribution is 0.218. The van der Waals surface area contributed by atoms with Gasteiger partial charge in [-0.3, -0.25) is 0 Å². The molecule has 88 valence electrons. The first-order valence-electron chi connectivity index (χ1n) is 5.81. The van der Waals surface area contributed by atoms with E-state index in [4.69, 9.17) is 0 Å². The summed E-state index contributed by atoms with van der Waals surface area (Å²) in [5, 5.41) is 3.45. The first-order chi connectivity index (χ1) is 7.19. The maximum atomic E-state index is 4.12. The topological polar surface area (TPSA) is 15.3 Å². The van der Waals surface area contributed by atoms with Gasteiger partial charge < -0.3 is 10.2 Å². The van der Waals surface area contributed by atoms with Gasteiger partial charge in [0, 0.05) is 30.1 Å². The number of rotatable bonds is 5. The Morgan fingerprint density at radius 3 is 2.93 bits per heavy atom. The van der Waals surface area contributed by atoms with E-state index in [1.165, 1.54) is 23.6 Å². The van der Waals surface area contributed by atoms with Gasteiger partial charge in [0.2, 0.25) is 0 Å². The van der Waals surface area contributed by atoms with Crippen LogP contribution < -0.4 is 5.32 Å². The van der Waals surface area contributed by atoms with Crippen molar-refractivity contribution >= 4 is 11.8 Å². The van der Waals surface area contributed by atoms with Crippen molar-refractivity contribution in [2.24, 2.45) is 0 Å². The lowest BCUT2D eigenvalue weighted by Crippen LogP contribution is -2.51. The summed E-state index contributed by atoms with van der Waals surface area (Å²) >= 11 is 2.07. The van der Waals surface area contributed by atoms with Gasteiger partial charge in [0.15, 0.2) is 0 Å². The van der Waals surface area contributed by atoms with Crippen molar-refractivity contribution in [3.63, 3.8) is 0 Å². The smallest absolute Gasteiger partial charge is 0.0340 e. The Morgan fingerprint density at radius 1 is 1.67 bits per heavy atom. The molecule has 2 unspecified atom stereocenters. The van der Waals surface area contributed by atoms with Crippen molar-refractivity contribution in [2.45, 2.75) is 31.8 Å². The third-order valence-corrected chi connectivity index (χ3v) is 4.34. The normalized spacial score (nSPS) is 25.1. The van der Waals surface area contributed by atoms with Crippen LogP contribution in [0.2, 0.25) is 0 Å². The highest BCUT2D eigenvalue weighted by Gasteiger charge is 2.26. The second kappa shape index (κ2) is 6.56. The van der Waals surface area contributed by atoms with E-state index in [1.54, 1.807) is 0 Å². The zero-order valence-corrected chi connectivity index (χ0v) is 11.1. The minimum atomic E-state index is 0.565. The number of likely N-dealkylation sites (N-methyl/N-ethyl adjacent to an activating group) is 2. The molecular weight excluding hydrogens is 204 g/mol. The Kier molecular flexibility index (Phi) is 5.72. The van der Waals surface area contributed by atoms with E-state index in [2.05, 4.69) is 49.6 Å². The fraction of sp³-hybridized carbons (Fsp3) is 0.833. The van der Waals surface area contributed by atoms with Gasteiger partial charge in [-0.15, -0.1) is 0 Å². The molecule has 1 heterocycles. The van der Waals surface area contributed by atoms with E-state index < -0.39 is 0 Å². The van der Waals surface area contributed by atoms with Crippen LogP contribution in [0.1, 0.15) is 19.8 Å². The maximum absolute atomic E-state index is 4.12. The molecule has 2 atom stereocenters. The summed E-state index contributed by atoms with van der Waals surface area (Å²) in [6.45, 7) is 7.52. The molecule has 0 amide bonds. The zero-order valence-electron chi connectivity index (χ0n) is 10.3. The fourth-order valence-electron chi connectivity index (χ4n) is 2.01. The Morgan fingerprint density at radius 2 is 2.40 bits per heavy atom. The minimum Gasteiger partial charge on any atom is -0.315 e. The molecule has 1 aliphatic rings. The van der Waals surface area contributed by atoms with E-state index >= 15 is 0 Å². The van der Waals surface area contributed by atoms with Crippen LogP contribution in [0.15, 0.2) is 12.2 Å². The molecule has 0 aromatic rings. The highest BCUT2D eigenvalue weighted by Crippen LogP contribution is 2.21. The fourth-order valence-corrected chi connectivity index (χ4v) is 3.33. The monoisotopic (exact) mass is 228 g/mol. The second-order valence-corrected chi connectivity index (χ2v) is 5.48. The van der Waals surface area contributed by atoms with Crippen LogP contribution in [-0.4, -0.2) is 49.1 Å². The Hall–Kier alpha value is 0.01000. The predicted molar refractivity (Wildman–Crippen MR) is 70.6 cm³/mol. The zero-order chi connectivity index (χ0) is 11.3. The average molecular weight is 228 g/mol. The molecule has 15 heavy (non-hydrogen) atoms. The van der Waals surface area contributed by atoms with Gasteiger partial charge >= 0.3 is 0 Å². The molecule has 1 N–H and O–H groups in total. The van der Waals surface area contributed by atoms with Crippen molar-refractivity contribution in [2.75, 3.05) is 32.1 Å². The predicted octanol–water partition coefficient (Wildman–Crippen LogP) is 1.98. The number of nitrogens with zero attached hydrogens (tertiary/aromatic N) is 1. The van der Waals surface area contributed by atoms with Gasteiger partial charge in [-0.1, -0.05) is 19.1 Å². The van der Waals surface area contributed by atoms with E-state index in [-0.39, 0.29) is 0 Å². The van der Waals surface area contributed by atoms with Gasteiger partial charge in [-0.05, 0) is 26.9 Å². The van der Waals surface area contributed by atoms with Crippen molar-refractivity contribution in [1.82, 2.24) is 10.2 Å².